The summed E-state index contributed by atoms with van der Waals surface area (Å²) in [4.78, 5) is 19.0. The number of nitrogens with one attached hydrogen (secondary N) is 1. The zero-order valence-electron chi connectivity index (χ0n) is 14.9. The Labute approximate surface area is 150 Å². The minimum Gasteiger partial charge on any atom is -0.335 e. The number of hydrogen-bond acceptors (Lipinski definition) is 3. The number of carbonyl (C=O) groups is 1. The fourth-order valence-corrected chi connectivity index (χ4v) is 3.69. The molecule has 1 aromatic carbocycles. The number of aromatic nitrogens is 1. The van der Waals surface area contributed by atoms with Gasteiger partial charge in [-0.15, -0.1) is 0 Å². The molecule has 1 fully saturated rings. The predicted octanol–water partition coefficient (Wildman–Crippen LogP) is 3.64. The lowest BCUT2D eigenvalue weighted by atomic mass is 9.89. The van der Waals surface area contributed by atoms with Crippen molar-refractivity contribution in [2.24, 2.45) is 0 Å². The summed E-state index contributed by atoms with van der Waals surface area (Å²) in [5.41, 5.74) is 1.85. The van der Waals surface area contributed by atoms with Crippen LogP contribution in [0.2, 0.25) is 0 Å². The highest BCUT2D eigenvalue weighted by Gasteiger charge is 2.29. The van der Waals surface area contributed by atoms with E-state index in [1.807, 2.05) is 23.1 Å². The van der Waals surface area contributed by atoms with Crippen molar-refractivity contribution in [3.63, 3.8) is 0 Å². The normalized spacial score (nSPS) is 20.2. The van der Waals surface area contributed by atoms with E-state index in [0.717, 1.165) is 32.4 Å². The molecule has 2 unspecified atom stereocenters. The van der Waals surface area contributed by atoms with Gasteiger partial charge < -0.3 is 10.2 Å². The van der Waals surface area contributed by atoms with Gasteiger partial charge in [-0.1, -0.05) is 36.4 Å². The zero-order valence-corrected chi connectivity index (χ0v) is 14.9. The number of hydrogen-bond donors (Lipinski definition) is 1. The number of pyridine rings is 1. The van der Waals surface area contributed by atoms with Gasteiger partial charge in [0.25, 0.3) is 5.91 Å². The molecule has 1 N–H and O–H groups in total. The fourth-order valence-electron chi connectivity index (χ4n) is 3.69. The van der Waals surface area contributed by atoms with E-state index >= 15 is 0 Å². The summed E-state index contributed by atoms with van der Waals surface area (Å²) in [6, 6.07) is 16.8. The minimum absolute atomic E-state index is 0.0526. The van der Waals surface area contributed by atoms with Crippen molar-refractivity contribution in [2.75, 3.05) is 6.54 Å². The highest BCUT2D eigenvalue weighted by atomic mass is 16.2. The largest absolute Gasteiger partial charge is 0.335 e. The van der Waals surface area contributed by atoms with Crippen molar-refractivity contribution < 1.29 is 4.79 Å². The van der Waals surface area contributed by atoms with E-state index in [1.165, 1.54) is 12.0 Å². The van der Waals surface area contributed by atoms with Crippen LogP contribution >= 0.6 is 0 Å². The van der Waals surface area contributed by atoms with Crippen molar-refractivity contribution in [2.45, 2.75) is 51.2 Å². The molecule has 2 aromatic rings. The first kappa shape index (κ1) is 17.6. The summed E-state index contributed by atoms with van der Waals surface area (Å²) in [6.07, 6.45) is 6.11. The average Bonchev–Trinajstić information content (AvgIpc) is 2.69. The molecule has 1 amide bonds. The minimum atomic E-state index is 0.0526. The summed E-state index contributed by atoms with van der Waals surface area (Å²) in [5.74, 6) is 0.0526. The van der Waals surface area contributed by atoms with Crippen LogP contribution in [0.3, 0.4) is 0 Å². The second-order valence-electron chi connectivity index (χ2n) is 6.69. The van der Waals surface area contributed by atoms with E-state index in [1.54, 1.807) is 12.3 Å². The Morgan fingerprint density at radius 2 is 1.96 bits per heavy atom. The van der Waals surface area contributed by atoms with E-state index < -0.39 is 0 Å². The maximum atomic E-state index is 12.8. The van der Waals surface area contributed by atoms with Crippen LogP contribution in [0.25, 0.3) is 0 Å². The van der Waals surface area contributed by atoms with Crippen molar-refractivity contribution in [1.82, 2.24) is 15.2 Å². The van der Waals surface area contributed by atoms with Crippen molar-refractivity contribution >= 4 is 5.91 Å². The Hall–Kier alpha value is -2.20. The monoisotopic (exact) mass is 337 g/mol. The van der Waals surface area contributed by atoms with E-state index in [4.69, 9.17) is 0 Å². The van der Waals surface area contributed by atoms with E-state index in [-0.39, 0.29) is 5.91 Å². The molecular formula is C21H27N3O. The van der Waals surface area contributed by atoms with E-state index in [2.05, 4.69) is 41.5 Å². The molecule has 0 aliphatic heterocycles. The van der Waals surface area contributed by atoms with E-state index in [0.29, 0.717) is 17.8 Å². The molecule has 4 heteroatoms. The van der Waals surface area contributed by atoms with Gasteiger partial charge >= 0.3 is 0 Å². The number of nitrogens with zero attached hydrogens (tertiary/aromatic N) is 2. The molecule has 1 aliphatic carbocycles. The summed E-state index contributed by atoms with van der Waals surface area (Å²) >= 11 is 0. The molecule has 3 rings (SSSR count). The average molecular weight is 337 g/mol. The Bertz CT molecular complexity index is 659. The third kappa shape index (κ3) is 4.67. The SMILES string of the molecule is CCN(C(=O)c1ccccn1)C1CCCC(NCc2ccccc2)C1. The second kappa shape index (κ2) is 8.77. The van der Waals surface area contributed by atoms with Crippen LogP contribution in [0.1, 0.15) is 48.7 Å². The fraction of sp³-hybridized carbons (Fsp3) is 0.429. The molecule has 0 spiro atoms. The molecule has 132 valence electrons. The molecule has 2 atom stereocenters. The van der Waals surface area contributed by atoms with Gasteiger partial charge in [-0.2, -0.15) is 0 Å². The van der Waals surface area contributed by atoms with Gasteiger partial charge in [-0.05, 0) is 50.3 Å². The lowest BCUT2D eigenvalue weighted by Crippen LogP contribution is -2.47. The van der Waals surface area contributed by atoms with Crippen LogP contribution < -0.4 is 5.32 Å². The third-order valence-electron chi connectivity index (χ3n) is 5.01. The molecule has 0 radical (unpaired) electrons. The van der Waals surface area contributed by atoms with Crippen LogP contribution in [-0.2, 0) is 6.54 Å². The molecular weight excluding hydrogens is 310 g/mol. The predicted molar refractivity (Wildman–Crippen MR) is 100 cm³/mol. The highest BCUT2D eigenvalue weighted by molar-refractivity contribution is 5.92. The quantitative estimate of drug-likeness (QED) is 0.875. The Balaban J connectivity index is 1.60. The molecule has 1 aromatic heterocycles. The van der Waals surface area contributed by atoms with Gasteiger partial charge in [0, 0.05) is 31.4 Å². The molecule has 25 heavy (non-hydrogen) atoms. The molecule has 0 saturated heterocycles. The van der Waals surface area contributed by atoms with E-state index in [9.17, 15) is 4.79 Å². The summed E-state index contributed by atoms with van der Waals surface area (Å²) < 4.78 is 0. The van der Waals surface area contributed by atoms with Crippen LogP contribution in [0.4, 0.5) is 0 Å². The van der Waals surface area contributed by atoms with Gasteiger partial charge in [0.2, 0.25) is 0 Å². The van der Waals surface area contributed by atoms with Crippen molar-refractivity contribution in [1.29, 1.82) is 0 Å². The first-order chi connectivity index (χ1) is 12.3. The second-order valence-corrected chi connectivity index (χ2v) is 6.69. The standard InChI is InChI=1S/C21H27N3O/c1-2-24(21(25)20-13-6-7-14-22-20)19-12-8-11-18(15-19)23-16-17-9-4-3-5-10-17/h3-7,9-10,13-14,18-19,23H,2,8,11-12,15-16H2,1H3. The summed E-state index contributed by atoms with van der Waals surface area (Å²) in [6.45, 7) is 3.67. The van der Waals surface area contributed by atoms with Gasteiger partial charge in [-0.3, -0.25) is 9.78 Å². The lowest BCUT2D eigenvalue weighted by molar-refractivity contribution is 0.0622. The van der Waals surface area contributed by atoms with Gasteiger partial charge in [-0.25, -0.2) is 0 Å². The maximum absolute atomic E-state index is 12.8. The zero-order chi connectivity index (χ0) is 17.5. The number of rotatable bonds is 6. The summed E-state index contributed by atoms with van der Waals surface area (Å²) in [7, 11) is 0. The molecule has 4 nitrogen and oxygen atoms in total. The van der Waals surface area contributed by atoms with Gasteiger partial charge in [0.1, 0.15) is 5.69 Å². The smallest absolute Gasteiger partial charge is 0.272 e. The third-order valence-corrected chi connectivity index (χ3v) is 5.01. The van der Waals surface area contributed by atoms with Gasteiger partial charge in [0.15, 0.2) is 0 Å². The summed E-state index contributed by atoms with van der Waals surface area (Å²) in [5, 5.41) is 3.67. The first-order valence-electron chi connectivity index (χ1n) is 9.27. The number of benzene rings is 1. The van der Waals surface area contributed by atoms with Crippen LogP contribution in [0, 0.1) is 0 Å². The Morgan fingerprint density at radius 1 is 1.16 bits per heavy atom. The van der Waals surface area contributed by atoms with Crippen LogP contribution in [0.5, 0.6) is 0 Å². The highest BCUT2D eigenvalue weighted by Crippen LogP contribution is 2.24. The number of amides is 1. The Kier molecular flexibility index (Phi) is 6.18. The topological polar surface area (TPSA) is 45.2 Å². The molecule has 0 bridgehead atoms. The van der Waals surface area contributed by atoms with Crippen molar-refractivity contribution in [3.8, 4) is 0 Å². The molecule has 1 saturated carbocycles. The Morgan fingerprint density at radius 3 is 2.68 bits per heavy atom. The number of carbonyl (C=O) groups excluding carboxylic acids is 1. The van der Waals surface area contributed by atoms with Crippen molar-refractivity contribution in [3.05, 3.63) is 66.0 Å². The lowest BCUT2D eigenvalue weighted by Gasteiger charge is -2.37. The molecule has 1 heterocycles. The first-order valence-corrected chi connectivity index (χ1v) is 9.27. The van der Waals surface area contributed by atoms with Gasteiger partial charge in [0.05, 0.1) is 0 Å². The molecule has 1 aliphatic rings. The van der Waals surface area contributed by atoms with Crippen LogP contribution in [-0.4, -0.2) is 34.4 Å². The van der Waals surface area contributed by atoms with Crippen LogP contribution in [0.15, 0.2) is 54.7 Å². The maximum Gasteiger partial charge on any atom is 0.272 e.